The summed E-state index contributed by atoms with van der Waals surface area (Å²) in [5, 5.41) is 9.01. The predicted molar refractivity (Wildman–Crippen MR) is 63.9 cm³/mol. The van der Waals surface area contributed by atoms with Gasteiger partial charge in [-0.15, -0.1) is 11.8 Å². The molecule has 1 saturated heterocycles. The molecular weight excluding hydrogens is 240 g/mol. The van der Waals surface area contributed by atoms with E-state index in [1.807, 2.05) is 6.92 Å². The zero-order valence-corrected chi connectivity index (χ0v) is 10.1. The number of aryl methyl sites for hydroxylation is 1. The first-order valence-corrected chi connectivity index (χ1v) is 6.28. The molecule has 2 heterocycles. The van der Waals surface area contributed by atoms with Crippen molar-refractivity contribution in [3.63, 3.8) is 0 Å². The second-order valence-corrected chi connectivity index (χ2v) is 4.88. The molecule has 1 N–H and O–H groups in total. The van der Waals surface area contributed by atoms with E-state index in [-0.39, 0.29) is 5.91 Å². The molecule has 0 saturated carbocycles. The molecule has 6 heteroatoms. The van der Waals surface area contributed by atoms with E-state index in [0.29, 0.717) is 17.2 Å². The maximum Gasteiger partial charge on any atom is 0.327 e. The number of aromatic nitrogens is 1. The number of pyridine rings is 1. The number of hydrogen-bond donors (Lipinski definition) is 1. The Morgan fingerprint density at radius 2 is 2.29 bits per heavy atom. The smallest absolute Gasteiger partial charge is 0.327 e. The van der Waals surface area contributed by atoms with Crippen molar-refractivity contribution in [1.29, 1.82) is 0 Å². The molecule has 90 valence electrons. The summed E-state index contributed by atoms with van der Waals surface area (Å²) in [4.78, 5) is 28.4. The quantitative estimate of drug-likeness (QED) is 0.850. The van der Waals surface area contributed by atoms with Crippen LogP contribution in [0, 0.1) is 6.92 Å². The summed E-state index contributed by atoms with van der Waals surface area (Å²) >= 11 is 1.45. The van der Waals surface area contributed by atoms with Crippen LogP contribution in [0.3, 0.4) is 0 Å². The molecule has 1 atom stereocenters. The maximum atomic E-state index is 12.1. The van der Waals surface area contributed by atoms with E-state index in [9.17, 15) is 9.59 Å². The fourth-order valence-corrected chi connectivity index (χ4v) is 2.83. The number of rotatable bonds is 2. The van der Waals surface area contributed by atoms with Crippen molar-refractivity contribution in [1.82, 2.24) is 9.88 Å². The molecule has 1 aromatic heterocycles. The van der Waals surface area contributed by atoms with Crippen molar-refractivity contribution in [3.05, 3.63) is 29.6 Å². The largest absolute Gasteiger partial charge is 0.480 e. The van der Waals surface area contributed by atoms with Gasteiger partial charge in [0.2, 0.25) is 0 Å². The minimum absolute atomic E-state index is 0.265. The first-order chi connectivity index (χ1) is 8.09. The average molecular weight is 252 g/mol. The highest BCUT2D eigenvalue weighted by molar-refractivity contribution is 7.99. The van der Waals surface area contributed by atoms with Crippen molar-refractivity contribution in [3.8, 4) is 0 Å². The molecule has 5 nitrogen and oxygen atoms in total. The van der Waals surface area contributed by atoms with Gasteiger partial charge < -0.3 is 10.0 Å². The highest BCUT2D eigenvalue weighted by Crippen LogP contribution is 2.23. The standard InChI is InChI=1S/C11H12N2O3S/c1-7-2-8(4-12-3-7)10(14)13-6-17-5-9(13)11(15)16/h2-4,9H,5-6H2,1H3,(H,15,16). The molecule has 2 rings (SSSR count). The third-order valence-corrected chi connectivity index (χ3v) is 3.56. The Labute approximate surface area is 103 Å². The first kappa shape index (κ1) is 11.9. The monoisotopic (exact) mass is 252 g/mol. The van der Waals surface area contributed by atoms with Crippen LogP contribution in [0.5, 0.6) is 0 Å². The summed E-state index contributed by atoms with van der Waals surface area (Å²) in [5.74, 6) is -0.355. The second kappa shape index (κ2) is 4.75. The molecule has 0 aromatic carbocycles. The van der Waals surface area contributed by atoms with Crippen molar-refractivity contribution in [2.75, 3.05) is 11.6 Å². The topological polar surface area (TPSA) is 70.5 Å². The third kappa shape index (κ3) is 2.41. The van der Waals surface area contributed by atoms with Gasteiger partial charge in [-0.25, -0.2) is 4.79 Å². The molecule has 1 aromatic rings. The van der Waals surface area contributed by atoms with Gasteiger partial charge in [0.05, 0.1) is 11.4 Å². The number of amides is 1. The Kier molecular flexibility index (Phi) is 3.33. The van der Waals surface area contributed by atoms with Crippen LogP contribution in [0.2, 0.25) is 0 Å². The van der Waals surface area contributed by atoms with Crippen LogP contribution < -0.4 is 0 Å². The lowest BCUT2D eigenvalue weighted by molar-refractivity contribution is -0.140. The highest BCUT2D eigenvalue weighted by Gasteiger charge is 2.35. The van der Waals surface area contributed by atoms with Crippen LogP contribution in [-0.4, -0.2) is 44.5 Å². The molecule has 0 radical (unpaired) electrons. The van der Waals surface area contributed by atoms with Gasteiger partial charge in [-0.3, -0.25) is 9.78 Å². The van der Waals surface area contributed by atoms with Gasteiger partial charge >= 0.3 is 5.97 Å². The summed E-state index contributed by atoms with van der Waals surface area (Å²) in [6.07, 6.45) is 3.13. The number of nitrogens with zero attached hydrogens (tertiary/aromatic N) is 2. The number of carboxylic acids is 1. The zero-order chi connectivity index (χ0) is 12.4. The average Bonchev–Trinajstić information content (AvgIpc) is 2.77. The zero-order valence-electron chi connectivity index (χ0n) is 9.29. The van der Waals surface area contributed by atoms with Gasteiger partial charge in [-0.1, -0.05) is 0 Å². The SMILES string of the molecule is Cc1cncc(C(=O)N2CSCC2C(=O)O)c1. The van der Waals surface area contributed by atoms with Gasteiger partial charge in [-0.2, -0.15) is 0 Å². The van der Waals surface area contributed by atoms with Crippen LogP contribution in [-0.2, 0) is 4.79 Å². The Morgan fingerprint density at radius 1 is 1.53 bits per heavy atom. The van der Waals surface area contributed by atoms with E-state index in [1.54, 1.807) is 12.3 Å². The van der Waals surface area contributed by atoms with E-state index >= 15 is 0 Å². The summed E-state index contributed by atoms with van der Waals surface area (Å²) in [5.41, 5.74) is 1.33. The van der Waals surface area contributed by atoms with E-state index in [1.165, 1.54) is 22.9 Å². The lowest BCUT2D eigenvalue weighted by Crippen LogP contribution is -2.41. The van der Waals surface area contributed by atoms with Crippen molar-refractivity contribution >= 4 is 23.6 Å². The molecular formula is C11H12N2O3S. The summed E-state index contributed by atoms with van der Waals surface area (Å²) < 4.78 is 0. The summed E-state index contributed by atoms with van der Waals surface area (Å²) in [6, 6.07) is 0.991. The Hall–Kier alpha value is -1.56. The van der Waals surface area contributed by atoms with Crippen LogP contribution in [0.25, 0.3) is 0 Å². The third-order valence-electron chi connectivity index (χ3n) is 2.55. The molecule has 1 amide bonds. The van der Waals surface area contributed by atoms with Crippen molar-refractivity contribution < 1.29 is 14.7 Å². The normalized spacial score (nSPS) is 19.4. The van der Waals surface area contributed by atoms with Crippen molar-refractivity contribution in [2.45, 2.75) is 13.0 Å². The Morgan fingerprint density at radius 3 is 2.94 bits per heavy atom. The van der Waals surface area contributed by atoms with Gasteiger partial charge in [0.1, 0.15) is 6.04 Å². The molecule has 0 aliphatic carbocycles. The summed E-state index contributed by atoms with van der Waals surface area (Å²) in [7, 11) is 0. The van der Waals surface area contributed by atoms with Crippen LogP contribution in [0.4, 0.5) is 0 Å². The number of carbonyl (C=O) groups excluding carboxylic acids is 1. The fourth-order valence-electron chi connectivity index (χ4n) is 1.69. The van der Waals surface area contributed by atoms with Crippen LogP contribution >= 0.6 is 11.8 Å². The van der Waals surface area contributed by atoms with Gasteiger partial charge in [-0.05, 0) is 18.6 Å². The minimum atomic E-state index is -0.955. The van der Waals surface area contributed by atoms with E-state index in [2.05, 4.69) is 4.98 Å². The number of hydrogen-bond acceptors (Lipinski definition) is 4. The Balaban J connectivity index is 2.23. The predicted octanol–water partition coefficient (Wildman–Crippen LogP) is 0.990. The minimum Gasteiger partial charge on any atom is -0.480 e. The highest BCUT2D eigenvalue weighted by atomic mass is 32.2. The lowest BCUT2D eigenvalue weighted by atomic mass is 10.2. The first-order valence-electron chi connectivity index (χ1n) is 5.13. The van der Waals surface area contributed by atoms with Crippen LogP contribution in [0.1, 0.15) is 15.9 Å². The molecule has 1 aliphatic rings. The van der Waals surface area contributed by atoms with Gasteiger partial charge in [0, 0.05) is 18.1 Å². The second-order valence-electron chi connectivity index (χ2n) is 3.88. The lowest BCUT2D eigenvalue weighted by Gasteiger charge is -2.20. The molecule has 17 heavy (non-hydrogen) atoms. The Bertz CT molecular complexity index is 464. The fraction of sp³-hybridized carbons (Fsp3) is 0.364. The number of carboxylic acid groups (broad SMARTS) is 1. The maximum absolute atomic E-state index is 12.1. The van der Waals surface area contributed by atoms with Crippen LogP contribution in [0.15, 0.2) is 18.5 Å². The van der Waals surface area contributed by atoms with Gasteiger partial charge in [0.15, 0.2) is 0 Å². The molecule has 0 spiro atoms. The van der Waals surface area contributed by atoms with E-state index < -0.39 is 12.0 Å². The molecule has 1 unspecified atom stereocenters. The van der Waals surface area contributed by atoms with E-state index in [0.717, 1.165) is 5.56 Å². The van der Waals surface area contributed by atoms with Crippen molar-refractivity contribution in [2.24, 2.45) is 0 Å². The van der Waals surface area contributed by atoms with E-state index in [4.69, 9.17) is 5.11 Å². The number of thioether (sulfide) groups is 1. The number of aliphatic carboxylic acids is 1. The van der Waals surface area contributed by atoms with Gasteiger partial charge in [0.25, 0.3) is 5.91 Å². The number of carbonyl (C=O) groups is 2. The molecule has 1 fully saturated rings. The molecule has 1 aliphatic heterocycles. The summed E-state index contributed by atoms with van der Waals surface area (Å²) in [6.45, 7) is 1.84. The molecule has 0 bridgehead atoms.